The van der Waals surface area contributed by atoms with E-state index in [0.29, 0.717) is 19.5 Å². The van der Waals surface area contributed by atoms with Crippen LogP contribution in [0.3, 0.4) is 0 Å². The summed E-state index contributed by atoms with van der Waals surface area (Å²) < 4.78 is 0. The van der Waals surface area contributed by atoms with Crippen LogP contribution in [-0.2, 0) is 11.3 Å². The first-order valence-corrected chi connectivity index (χ1v) is 6.36. The minimum Gasteiger partial charge on any atom is -0.481 e. The van der Waals surface area contributed by atoms with Gasteiger partial charge in [-0.2, -0.15) is 0 Å². The molecule has 0 bridgehead atoms. The molecule has 0 spiro atoms. The molecule has 0 saturated heterocycles. The van der Waals surface area contributed by atoms with E-state index >= 15 is 0 Å². The summed E-state index contributed by atoms with van der Waals surface area (Å²) in [7, 11) is 3.80. The summed E-state index contributed by atoms with van der Waals surface area (Å²) in [6, 6.07) is 5.27. The van der Waals surface area contributed by atoms with Crippen LogP contribution in [0.4, 0.5) is 10.6 Å². The van der Waals surface area contributed by atoms with Gasteiger partial charge in [0.25, 0.3) is 0 Å². The van der Waals surface area contributed by atoms with Crippen molar-refractivity contribution >= 4 is 17.8 Å². The second-order valence-electron chi connectivity index (χ2n) is 4.49. The molecule has 0 radical (unpaired) electrons. The molecule has 0 aliphatic heterocycles. The average molecular weight is 280 g/mol. The number of pyridine rings is 1. The van der Waals surface area contributed by atoms with Gasteiger partial charge < -0.3 is 20.6 Å². The predicted octanol–water partition coefficient (Wildman–Crippen LogP) is 0.812. The molecule has 1 rings (SSSR count). The molecule has 0 fully saturated rings. The van der Waals surface area contributed by atoms with E-state index in [2.05, 4.69) is 15.6 Å². The number of urea groups is 1. The lowest BCUT2D eigenvalue weighted by molar-refractivity contribution is -0.137. The van der Waals surface area contributed by atoms with E-state index in [9.17, 15) is 9.59 Å². The summed E-state index contributed by atoms with van der Waals surface area (Å²) in [6.45, 7) is 0.662. The number of nitrogens with zero attached hydrogens (tertiary/aromatic N) is 2. The number of rotatable bonds is 7. The Labute approximate surface area is 118 Å². The zero-order valence-electron chi connectivity index (χ0n) is 11.7. The van der Waals surface area contributed by atoms with E-state index in [0.717, 1.165) is 11.5 Å². The van der Waals surface area contributed by atoms with Crippen molar-refractivity contribution < 1.29 is 14.7 Å². The second-order valence-corrected chi connectivity index (χ2v) is 4.49. The molecule has 0 aliphatic rings. The molecule has 0 unspecified atom stereocenters. The summed E-state index contributed by atoms with van der Waals surface area (Å²) in [5.74, 6) is -0.0388. The zero-order valence-corrected chi connectivity index (χ0v) is 11.7. The first kappa shape index (κ1) is 15.7. The molecule has 3 N–H and O–H groups in total. The summed E-state index contributed by atoms with van der Waals surface area (Å²) in [6.07, 6.45) is 0.462. The first-order valence-electron chi connectivity index (χ1n) is 6.36. The van der Waals surface area contributed by atoms with Crippen LogP contribution in [0.1, 0.15) is 18.5 Å². The molecule has 1 aromatic heterocycles. The quantitative estimate of drug-likeness (QED) is 0.643. The fourth-order valence-corrected chi connectivity index (χ4v) is 1.49. The molecule has 2 amide bonds. The fraction of sp³-hybridized carbons (Fsp3) is 0.462. The van der Waals surface area contributed by atoms with Gasteiger partial charge in [-0.15, -0.1) is 0 Å². The van der Waals surface area contributed by atoms with Crippen LogP contribution in [0.2, 0.25) is 0 Å². The number of carbonyl (C=O) groups excluding carboxylic acids is 1. The summed E-state index contributed by atoms with van der Waals surface area (Å²) in [5, 5.41) is 13.7. The van der Waals surface area contributed by atoms with Gasteiger partial charge in [-0.3, -0.25) is 4.79 Å². The number of hydrogen-bond donors (Lipinski definition) is 3. The number of hydrogen-bond acceptors (Lipinski definition) is 4. The van der Waals surface area contributed by atoms with E-state index < -0.39 is 5.97 Å². The zero-order chi connectivity index (χ0) is 15.0. The SMILES string of the molecule is CN(C)c1cccc(CNC(=O)NCCCC(=O)O)n1. The van der Waals surface area contributed by atoms with Crippen LogP contribution in [0, 0.1) is 0 Å². The van der Waals surface area contributed by atoms with Gasteiger partial charge in [-0.1, -0.05) is 6.07 Å². The molecular weight excluding hydrogens is 260 g/mol. The fourth-order valence-electron chi connectivity index (χ4n) is 1.49. The molecule has 0 aromatic carbocycles. The van der Waals surface area contributed by atoms with Crippen molar-refractivity contribution in [2.24, 2.45) is 0 Å². The number of nitrogens with one attached hydrogen (secondary N) is 2. The van der Waals surface area contributed by atoms with Crippen molar-refractivity contribution in [3.63, 3.8) is 0 Å². The first-order chi connectivity index (χ1) is 9.49. The molecule has 0 saturated carbocycles. The molecular formula is C13H20N4O3. The summed E-state index contributed by atoms with van der Waals surface area (Å²) in [4.78, 5) is 28.0. The number of carboxylic acids is 1. The number of carboxylic acid groups (broad SMARTS) is 1. The van der Waals surface area contributed by atoms with Gasteiger partial charge in [0.05, 0.1) is 12.2 Å². The van der Waals surface area contributed by atoms with E-state index in [4.69, 9.17) is 5.11 Å². The third-order valence-electron chi connectivity index (χ3n) is 2.53. The van der Waals surface area contributed by atoms with Gasteiger partial charge in [0, 0.05) is 27.1 Å². The van der Waals surface area contributed by atoms with Gasteiger partial charge in [-0.25, -0.2) is 9.78 Å². The Morgan fingerprint density at radius 2 is 2.05 bits per heavy atom. The molecule has 0 aliphatic carbocycles. The number of amides is 2. The Balaban J connectivity index is 2.30. The molecule has 0 atom stereocenters. The van der Waals surface area contributed by atoms with Crippen molar-refractivity contribution in [1.29, 1.82) is 0 Å². The average Bonchev–Trinajstić information content (AvgIpc) is 2.41. The molecule has 7 heteroatoms. The van der Waals surface area contributed by atoms with Crippen LogP contribution in [0.5, 0.6) is 0 Å². The number of anilines is 1. The Morgan fingerprint density at radius 1 is 1.30 bits per heavy atom. The predicted molar refractivity (Wildman–Crippen MR) is 75.7 cm³/mol. The lowest BCUT2D eigenvalue weighted by Crippen LogP contribution is -2.35. The van der Waals surface area contributed by atoms with E-state index in [1.54, 1.807) is 0 Å². The summed E-state index contributed by atoms with van der Waals surface area (Å²) in [5.41, 5.74) is 0.761. The smallest absolute Gasteiger partial charge is 0.315 e. The third-order valence-corrected chi connectivity index (χ3v) is 2.53. The maximum absolute atomic E-state index is 11.5. The van der Waals surface area contributed by atoms with Gasteiger partial charge in [-0.05, 0) is 18.6 Å². The van der Waals surface area contributed by atoms with E-state index in [-0.39, 0.29) is 12.5 Å². The van der Waals surface area contributed by atoms with E-state index in [1.807, 2.05) is 37.2 Å². The highest BCUT2D eigenvalue weighted by Gasteiger charge is 2.03. The molecule has 1 heterocycles. The van der Waals surface area contributed by atoms with Crippen molar-refractivity contribution in [2.75, 3.05) is 25.5 Å². The molecule has 1 aromatic rings. The van der Waals surface area contributed by atoms with Crippen LogP contribution >= 0.6 is 0 Å². The lowest BCUT2D eigenvalue weighted by atomic mass is 10.3. The Kier molecular flexibility index (Phi) is 6.28. The Hall–Kier alpha value is -2.31. The molecule has 20 heavy (non-hydrogen) atoms. The number of aromatic nitrogens is 1. The minimum atomic E-state index is -0.864. The third kappa shape index (κ3) is 6.03. The van der Waals surface area contributed by atoms with Crippen molar-refractivity contribution in [3.8, 4) is 0 Å². The van der Waals surface area contributed by atoms with E-state index in [1.165, 1.54) is 0 Å². The highest BCUT2D eigenvalue weighted by atomic mass is 16.4. The van der Waals surface area contributed by atoms with Crippen LogP contribution in [0.15, 0.2) is 18.2 Å². The van der Waals surface area contributed by atoms with Crippen molar-refractivity contribution in [2.45, 2.75) is 19.4 Å². The standard InChI is InChI=1S/C13H20N4O3/c1-17(2)11-6-3-5-10(16-11)9-15-13(20)14-8-4-7-12(18)19/h3,5-6H,4,7-9H2,1-2H3,(H,18,19)(H2,14,15,20). The van der Waals surface area contributed by atoms with Gasteiger partial charge in [0.2, 0.25) is 0 Å². The van der Waals surface area contributed by atoms with Gasteiger partial charge in [0.15, 0.2) is 0 Å². The van der Waals surface area contributed by atoms with Crippen LogP contribution in [-0.4, -0.2) is 42.7 Å². The van der Waals surface area contributed by atoms with Gasteiger partial charge in [0.1, 0.15) is 5.82 Å². The monoisotopic (exact) mass is 280 g/mol. The van der Waals surface area contributed by atoms with Crippen LogP contribution in [0.25, 0.3) is 0 Å². The highest BCUT2D eigenvalue weighted by molar-refractivity contribution is 5.73. The van der Waals surface area contributed by atoms with Crippen LogP contribution < -0.4 is 15.5 Å². The Bertz CT molecular complexity index is 463. The Morgan fingerprint density at radius 3 is 2.70 bits per heavy atom. The minimum absolute atomic E-state index is 0.0483. The number of aliphatic carboxylic acids is 1. The summed E-state index contributed by atoms with van der Waals surface area (Å²) >= 11 is 0. The lowest BCUT2D eigenvalue weighted by Gasteiger charge is -2.12. The van der Waals surface area contributed by atoms with Crippen molar-refractivity contribution in [3.05, 3.63) is 23.9 Å². The van der Waals surface area contributed by atoms with Gasteiger partial charge >= 0.3 is 12.0 Å². The largest absolute Gasteiger partial charge is 0.481 e. The second kappa shape index (κ2) is 7.98. The molecule has 7 nitrogen and oxygen atoms in total. The molecule has 110 valence electrons. The maximum atomic E-state index is 11.5. The topological polar surface area (TPSA) is 94.6 Å². The van der Waals surface area contributed by atoms with Crippen molar-refractivity contribution in [1.82, 2.24) is 15.6 Å². The highest BCUT2D eigenvalue weighted by Crippen LogP contribution is 2.07. The maximum Gasteiger partial charge on any atom is 0.315 e. The number of carbonyl (C=O) groups is 2. The normalized spacial score (nSPS) is 9.90.